The van der Waals surface area contributed by atoms with Crippen LogP contribution in [0.2, 0.25) is 0 Å². The molecular weight excluding hydrogens is 498 g/mol. The Morgan fingerprint density at radius 2 is 1.82 bits per heavy atom. The highest BCUT2D eigenvalue weighted by atomic mass is 127. The third-order valence-electron chi connectivity index (χ3n) is 4.43. The maximum Gasteiger partial charge on any atom is 0.416 e. The second kappa shape index (κ2) is 7.64. The molecule has 3 rings (SSSR count). The van der Waals surface area contributed by atoms with E-state index >= 15 is 0 Å². The van der Waals surface area contributed by atoms with Gasteiger partial charge in [0.25, 0.3) is 0 Å². The molecule has 10 heteroatoms. The van der Waals surface area contributed by atoms with E-state index in [4.69, 9.17) is 0 Å². The van der Waals surface area contributed by atoms with Crippen molar-refractivity contribution >= 4 is 40.4 Å². The zero-order chi connectivity index (χ0) is 20.6. The Bertz CT molecular complexity index is 934. The van der Waals surface area contributed by atoms with E-state index in [-0.39, 0.29) is 17.8 Å². The topological polar surface area (TPSA) is 49.4 Å². The minimum Gasteiger partial charge on any atom is -0.355 e. The van der Waals surface area contributed by atoms with Crippen LogP contribution in [0.25, 0.3) is 0 Å². The van der Waals surface area contributed by atoms with E-state index < -0.39 is 47.0 Å². The number of halogens is 6. The second-order valence-electron chi connectivity index (χ2n) is 6.14. The smallest absolute Gasteiger partial charge is 0.355 e. The molecule has 2 amide bonds. The number of alkyl halides is 3. The van der Waals surface area contributed by atoms with Crippen LogP contribution in [0.5, 0.6) is 0 Å². The number of anilines is 1. The van der Waals surface area contributed by atoms with Crippen LogP contribution in [0.1, 0.15) is 17.0 Å². The lowest BCUT2D eigenvalue weighted by Gasteiger charge is -2.22. The third-order valence-corrected chi connectivity index (χ3v) is 5.42. The molecule has 2 atom stereocenters. The predicted molar refractivity (Wildman–Crippen MR) is 98.5 cm³/mol. The van der Waals surface area contributed by atoms with Gasteiger partial charge in [-0.15, -0.1) is 0 Å². The van der Waals surface area contributed by atoms with Gasteiger partial charge in [0.15, 0.2) is 11.6 Å². The van der Waals surface area contributed by atoms with Gasteiger partial charge in [-0.3, -0.25) is 9.59 Å². The Morgan fingerprint density at radius 3 is 2.50 bits per heavy atom. The lowest BCUT2D eigenvalue weighted by Crippen LogP contribution is -2.36. The van der Waals surface area contributed by atoms with E-state index in [0.29, 0.717) is 0 Å². The van der Waals surface area contributed by atoms with Crippen LogP contribution in [-0.4, -0.2) is 18.4 Å². The summed E-state index contributed by atoms with van der Waals surface area (Å²) in [6.07, 6.45) is -4.58. The summed E-state index contributed by atoms with van der Waals surface area (Å²) < 4.78 is 67.2. The molecule has 0 aromatic heterocycles. The van der Waals surface area contributed by atoms with Crippen molar-refractivity contribution in [1.29, 1.82) is 0 Å². The molecule has 1 aliphatic heterocycles. The highest BCUT2D eigenvalue weighted by molar-refractivity contribution is 14.1. The van der Waals surface area contributed by atoms with Gasteiger partial charge in [-0.1, -0.05) is 24.3 Å². The molecule has 1 aliphatic rings. The number of carbonyl (C=O) groups is 2. The zero-order valence-electron chi connectivity index (χ0n) is 13.9. The van der Waals surface area contributed by atoms with Crippen LogP contribution in [0.4, 0.5) is 27.6 Å². The lowest BCUT2D eigenvalue weighted by atomic mass is 9.87. The molecule has 0 aliphatic carbocycles. The summed E-state index contributed by atoms with van der Waals surface area (Å²) in [6.45, 7) is -0.0489. The fraction of sp³-hybridized carbons (Fsp3) is 0.222. The largest absolute Gasteiger partial charge is 0.416 e. The Kier molecular flexibility index (Phi) is 5.60. The first-order chi connectivity index (χ1) is 13.1. The molecule has 148 valence electrons. The number of hydrogen-bond acceptors (Lipinski definition) is 2. The van der Waals surface area contributed by atoms with Crippen LogP contribution >= 0.6 is 22.9 Å². The van der Waals surface area contributed by atoms with Gasteiger partial charge in [0.05, 0.1) is 34.1 Å². The van der Waals surface area contributed by atoms with Crippen LogP contribution in [0.15, 0.2) is 42.5 Å². The highest BCUT2D eigenvalue weighted by Gasteiger charge is 2.44. The first kappa shape index (κ1) is 20.5. The van der Waals surface area contributed by atoms with Crippen molar-refractivity contribution in [3.05, 3.63) is 65.2 Å². The van der Waals surface area contributed by atoms with Gasteiger partial charge in [0.2, 0.25) is 11.8 Å². The standard InChI is InChI=1S/C18H12F5IN2O2/c19-12-5-2-6-13(15(12)20)26(24)17(28)14-11(8-25-16(14)27)9-3-1-4-10(7-9)18(21,22)23/h1-7,11,14H,8H2,(H,25,27). The van der Waals surface area contributed by atoms with Crippen LogP contribution in [0, 0.1) is 17.6 Å². The maximum atomic E-state index is 14.0. The molecule has 1 N–H and O–H groups in total. The van der Waals surface area contributed by atoms with Crippen molar-refractivity contribution in [2.75, 3.05) is 9.66 Å². The average Bonchev–Trinajstić information content (AvgIpc) is 3.03. The van der Waals surface area contributed by atoms with Gasteiger partial charge in [-0.25, -0.2) is 11.9 Å². The van der Waals surface area contributed by atoms with Gasteiger partial charge in [0.1, 0.15) is 5.92 Å². The Balaban J connectivity index is 1.94. The Hall–Kier alpha value is -2.24. The summed E-state index contributed by atoms with van der Waals surface area (Å²) in [7, 11) is 0. The monoisotopic (exact) mass is 510 g/mol. The molecule has 1 heterocycles. The number of nitrogens with zero attached hydrogens (tertiary/aromatic N) is 1. The zero-order valence-corrected chi connectivity index (χ0v) is 16.1. The molecule has 0 radical (unpaired) electrons. The highest BCUT2D eigenvalue weighted by Crippen LogP contribution is 2.37. The fourth-order valence-corrected chi connectivity index (χ4v) is 3.72. The molecule has 2 aromatic rings. The summed E-state index contributed by atoms with van der Waals surface area (Å²) >= 11 is 1.44. The molecule has 0 spiro atoms. The van der Waals surface area contributed by atoms with Gasteiger partial charge in [0, 0.05) is 12.5 Å². The van der Waals surface area contributed by atoms with Crippen molar-refractivity contribution in [3.63, 3.8) is 0 Å². The van der Waals surface area contributed by atoms with Crippen molar-refractivity contribution < 1.29 is 31.5 Å². The number of nitrogens with one attached hydrogen (secondary N) is 1. The van der Waals surface area contributed by atoms with Gasteiger partial charge >= 0.3 is 6.18 Å². The van der Waals surface area contributed by atoms with Crippen LogP contribution in [0.3, 0.4) is 0 Å². The summed E-state index contributed by atoms with van der Waals surface area (Å²) in [6, 6.07) is 7.59. The van der Waals surface area contributed by atoms with E-state index in [2.05, 4.69) is 5.32 Å². The van der Waals surface area contributed by atoms with E-state index in [1.54, 1.807) is 0 Å². The quantitative estimate of drug-likeness (QED) is 0.292. The third kappa shape index (κ3) is 3.82. The van der Waals surface area contributed by atoms with Crippen molar-refractivity contribution in [3.8, 4) is 0 Å². The van der Waals surface area contributed by atoms with Crippen molar-refractivity contribution in [1.82, 2.24) is 5.32 Å². The Morgan fingerprint density at radius 1 is 1.14 bits per heavy atom. The number of carbonyl (C=O) groups excluding carboxylic acids is 2. The molecule has 0 bridgehead atoms. The van der Waals surface area contributed by atoms with Gasteiger partial charge in [-0.05, 0) is 23.8 Å². The van der Waals surface area contributed by atoms with E-state index in [9.17, 15) is 31.5 Å². The molecule has 4 nitrogen and oxygen atoms in total. The van der Waals surface area contributed by atoms with Gasteiger partial charge < -0.3 is 5.32 Å². The van der Waals surface area contributed by atoms with Crippen molar-refractivity contribution in [2.45, 2.75) is 12.1 Å². The molecular formula is C18H12F5IN2O2. The first-order valence-electron chi connectivity index (χ1n) is 8.00. The first-order valence-corrected chi connectivity index (χ1v) is 8.96. The molecule has 1 fully saturated rings. The summed E-state index contributed by atoms with van der Waals surface area (Å²) in [5.74, 6) is -6.23. The van der Waals surface area contributed by atoms with Crippen molar-refractivity contribution in [2.24, 2.45) is 5.92 Å². The summed E-state index contributed by atoms with van der Waals surface area (Å²) in [4.78, 5) is 25.0. The fourth-order valence-electron chi connectivity index (χ4n) is 3.05. The van der Waals surface area contributed by atoms with E-state index in [1.807, 2.05) is 0 Å². The second-order valence-corrected chi connectivity index (χ2v) is 7.11. The SMILES string of the molecule is O=C1NCC(c2cccc(C(F)(F)F)c2)C1C(=O)N(I)c1cccc(F)c1F. The van der Waals surface area contributed by atoms with E-state index in [0.717, 1.165) is 27.4 Å². The number of amides is 2. The van der Waals surface area contributed by atoms with Gasteiger partial charge in [-0.2, -0.15) is 13.2 Å². The molecule has 2 unspecified atom stereocenters. The minimum atomic E-state index is -4.58. The normalized spacial score (nSPS) is 19.4. The number of hydrogen-bond donors (Lipinski definition) is 1. The number of benzene rings is 2. The predicted octanol–water partition coefficient (Wildman–Crippen LogP) is 4.20. The summed E-state index contributed by atoms with van der Waals surface area (Å²) in [5, 5.41) is 2.45. The maximum absolute atomic E-state index is 14.0. The van der Waals surface area contributed by atoms with Crippen LogP contribution in [-0.2, 0) is 15.8 Å². The average molecular weight is 510 g/mol. The summed E-state index contributed by atoms with van der Waals surface area (Å²) in [5.41, 5.74) is -1.14. The molecule has 1 saturated heterocycles. The molecule has 2 aromatic carbocycles. The number of rotatable bonds is 3. The lowest BCUT2D eigenvalue weighted by molar-refractivity contribution is -0.137. The molecule has 28 heavy (non-hydrogen) atoms. The Labute approximate surface area is 170 Å². The van der Waals surface area contributed by atoms with Crippen LogP contribution < -0.4 is 8.43 Å². The minimum absolute atomic E-state index is 0.0489. The van der Waals surface area contributed by atoms with E-state index in [1.165, 1.54) is 41.1 Å². The molecule has 0 saturated carbocycles.